The van der Waals surface area contributed by atoms with Crippen LogP contribution in [0.25, 0.3) is 0 Å². The van der Waals surface area contributed by atoms with Crippen molar-refractivity contribution in [3.05, 3.63) is 34.3 Å². The van der Waals surface area contributed by atoms with Gasteiger partial charge >= 0.3 is 5.97 Å². The van der Waals surface area contributed by atoms with Crippen molar-refractivity contribution >= 4 is 17.6 Å². The molecular weight excluding hydrogens is 288 g/mol. The maximum absolute atomic E-state index is 11.6. The van der Waals surface area contributed by atoms with Gasteiger partial charge in [0.15, 0.2) is 0 Å². The third-order valence-electron chi connectivity index (χ3n) is 4.11. The number of methoxy groups -OCH3 is 1. The van der Waals surface area contributed by atoms with E-state index in [1.54, 1.807) is 12.1 Å². The largest absolute Gasteiger partial charge is 0.465 e. The van der Waals surface area contributed by atoms with Crippen LogP contribution in [-0.4, -0.2) is 36.6 Å². The van der Waals surface area contributed by atoms with Gasteiger partial charge < -0.3 is 10.5 Å². The zero-order valence-electron chi connectivity index (χ0n) is 12.6. The zero-order chi connectivity index (χ0) is 15.4. The molecule has 1 fully saturated rings. The van der Waals surface area contributed by atoms with E-state index in [9.17, 15) is 4.79 Å². The lowest BCUT2D eigenvalue weighted by atomic mass is 9.96. The first-order valence-corrected chi connectivity index (χ1v) is 7.77. The Morgan fingerprint density at radius 3 is 2.95 bits per heavy atom. The van der Waals surface area contributed by atoms with Gasteiger partial charge in [-0.05, 0) is 50.1 Å². The van der Waals surface area contributed by atoms with Crippen LogP contribution in [0.3, 0.4) is 0 Å². The number of carbonyl (C=O) groups excluding carboxylic acids is 1. The average molecular weight is 311 g/mol. The summed E-state index contributed by atoms with van der Waals surface area (Å²) in [5.41, 5.74) is 7.58. The molecule has 0 aromatic heterocycles. The van der Waals surface area contributed by atoms with E-state index in [-0.39, 0.29) is 12.0 Å². The van der Waals surface area contributed by atoms with Crippen molar-refractivity contribution in [2.45, 2.75) is 44.8 Å². The molecule has 1 aromatic carbocycles. The topological polar surface area (TPSA) is 55.6 Å². The fourth-order valence-electron chi connectivity index (χ4n) is 2.97. The maximum atomic E-state index is 11.6. The first-order chi connectivity index (χ1) is 10.0. The molecule has 0 spiro atoms. The highest BCUT2D eigenvalue weighted by Gasteiger charge is 2.26. The predicted octanol–water partition coefficient (Wildman–Crippen LogP) is 2.83. The molecular formula is C16H23ClN2O2. The molecule has 0 aliphatic carbocycles. The summed E-state index contributed by atoms with van der Waals surface area (Å²) in [6, 6.07) is 5.77. The van der Waals surface area contributed by atoms with E-state index in [0.29, 0.717) is 16.6 Å². The number of piperidine rings is 1. The Balaban J connectivity index is 2.19. The number of hydrogen-bond acceptors (Lipinski definition) is 4. The van der Waals surface area contributed by atoms with E-state index in [1.165, 1.54) is 20.0 Å². The van der Waals surface area contributed by atoms with Crippen molar-refractivity contribution in [2.24, 2.45) is 5.73 Å². The number of hydrogen-bond donors (Lipinski definition) is 1. The molecule has 0 amide bonds. The summed E-state index contributed by atoms with van der Waals surface area (Å²) in [6.07, 6.45) is 3.52. The third kappa shape index (κ3) is 3.96. The minimum atomic E-state index is -0.338. The van der Waals surface area contributed by atoms with Crippen LogP contribution in [0.1, 0.15) is 42.1 Å². The lowest BCUT2D eigenvalue weighted by Gasteiger charge is -2.38. The number of ether oxygens (including phenoxy) is 1. The predicted molar refractivity (Wildman–Crippen MR) is 84.5 cm³/mol. The molecule has 21 heavy (non-hydrogen) atoms. The van der Waals surface area contributed by atoms with Crippen LogP contribution in [-0.2, 0) is 11.3 Å². The van der Waals surface area contributed by atoms with E-state index < -0.39 is 0 Å². The van der Waals surface area contributed by atoms with Gasteiger partial charge in [-0.3, -0.25) is 4.90 Å². The van der Waals surface area contributed by atoms with Crippen LogP contribution < -0.4 is 5.73 Å². The van der Waals surface area contributed by atoms with E-state index in [4.69, 9.17) is 22.1 Å². The van der Waals surface area contributed by atoms with Crippen molar-refractivity contribution in [3.63, 3.8) is 0 Å². The van der Waals surface area contributed by atoms with Crippen molar-refractivity contribution in [2.75, 3.05) is 13.7 Å². The highest BCUT2D eigenvalue weighted by atomic mass is 35.5. The molecule has 1 aliphatic rings. The summed E-state index contributed by atoms with van der Waals surface area (Å²) >= 11 is 6.28. The molecule has 2 unspecified atom stereocenters. The van der Waals surface area contributed by atoms with Gasteiger partial charge in [0.25, 0.3) is 0 Å². The molecule has 2 atom stereocenters. The molecule has 2 rings (SSSR count). The molecule has 0 saturated carbocycles. The fourth-order valence-corrected chi connectivity index (χ4v) is 3.15. The highest BCUT2D eigenvalue weighted by molar-refractivity contribution is 6.31. The van der Waals surface area contributed by atoms with Gasteiger partial charge in [0.1, 0.15) is 0 Å². The normalized spacial score (nSPS) is 21.0. The highest BCUT2D eigenvalue weighted by Crippen LogP contribution is 2.25. The molecule has 1 heterocycles. The van der Waals surface area contributed by atoms with Crippen LogP contribution >= 0.6 is 11.6 Å². The maximum Gasteiger partial charge on any atom is 0.337 e. The lowest BCUT2D eigenvalue weighted by Crippen LogP contribution is -2.48. The van der Waals surface area contributed by atoms with Gasteiger partial charge in [-0.2, -0.15) is 0 Å². The number of esters is 1. The van der Waals surface area contributed by atoms with Crippen molar-refractivity contribution in [1.82, 2.24) is 4.90 Å². The Hall–Kier alpha value is -1.10. The fraction of sp³-hybridized carbons (Fsp3) is 0.562. The first-order valence-electron chi connectivity index (χ1n) is 7.39. The Labute approximate surface area is 131 Å². The summed E-state index contributed by atoms with van der Waals surface area (Å²) in [6.45, 7) is 3.79. The summed E-state index contributed by atoms with van der Waals surface area (Å²) in [5, 5.41) is 0.677. The van der Waals surface area contributed by atoms with Gasteiger partial charge in [0.2, 0.25) is 0 Å². The van der Waals surface area contributed by atoms with E-state index in [0.717, 1.165) is 25.1 Å². The Kier molecular flexibility index (Phi) is 5.62. The van der Waals surface area contributed by atoms with E-state index in [2.05, 4.69) is 11.8 Å². The Morgan fingerprint density at radius 1 is 1.52 bits per heavy atom. The summed E-state index contributed by atoms with van der Waals surface area (Å²) < 4.78 is 4.76. The van der Waals surface area contributed by atoms with Crippen LogP contribution in [0.5, 0.6) is 0 Å². The third-order valence-corrected chi connectivity index (χ3v) is 4.48. The van der Waals surface area contributed by atoms with Gasteiger partial charge in [0, 0.05) is 23.7 Å². The van der Waals surface area contributed by atoms with Gasteiger partial charge in [-0.15, -0.1) is 0 Å². The second-order valence-corrected chi connectivity index (χ2v) is 6.10. The smallest absolute Gasteiger partial charge is 0.337 e. The number of benzene rings is 1. The summed E-state index contributed by atoms with van der Waals surface area (Å²) in [7, 11) is 1.38. The van der Waals surface area contributed by atoms with Crippen LogP contribution in [0.4, 0.5) is 0 Å². The summed E-state index contributed by atoms with van der Waals surface area (Å²) in [4.78, 5) is 14.0. The second kappa shape index (κ2) is 7.25. The van der Waals surface area contributed by atoms with Crippen LogP contribution in [0.15, 0.2) is 18.2 Å². The number of likely N-dealkylation sites (tertiary alicyclic amines) is 1. The monoisotopic (exact) mass is 310 g/mol. The number of carbonyl (C=O) groups is 1. The second-order valence-electron chi connectivity index (χ2n) is 5.69. The molecule has 0 radical (unpaired) electrons. The van der Waals surface area contributed by atoms with Crippen LogP contribution in [0.2, 0.25) is 5.02 Å². The standard InChI is InChI=1S/C16H23ClN2O2/c1-11(18)15-5-3-4-8-19(15)10-13-9-12(16(20)21-2)6-7-14(13)17/h6-7,9,11,15H,3-5,8,10,18H2,1-2H3. The minimum Gasteiger partial charge on any atom is -0.465 e. The lowest BCUT2D eigenvalue weighted by molar-refractivity contribution is 0.0600. The average Bonchev–Trinajstić information content (AvgIpc) is 2.49. The molecule has 1 saturated heterocycles. The van der Waals surface area contributed by atoms with E-state index >= 15 is 0 Å². The molecule has 2 N–H and O–H groups in total. The first kappa shape index (κ1) is 16.3. The molecule has 1 aliphatic heterocycles. The van der Waals surface area contributed by atoms with Gasteiger partial charge in [-0.1, -0.05) is 18.0 Å². The van der Waals surface area contributed by atoms with E-state index in [1.807, 2.05) is 6.07 Å². The number of rotatable bonds is 4. The minimum absolute atomic E-state index is 0.132. The van der Waals surface area contributed by atoms with Crippen molar-refractivity contribution in [1.29, 1.82) is 0 Å². The van der Waals surface area contributed by atoms with Gasteiger partial charge in [-0.25, -0.2) is 4.79 Å². The molecule has 4 nitrogen and oxygen atoms in total. The number of halogens is 1. The zero-order valence-corrected chi connectivity index (χ0v) is 13.4. The quantitative estimate of drug-likeness (QED) is 0.869. The molecule has 5 heteroatoms. The SMILES string of the molecule is COC(=O)c1ccc(Cl)c(CN2CCCCC2C(C)N)c1. The summed E-state index contributed by atoms with van der Waals surface area (Å²) in [5.74, 6) is -0.338. The Bertz CT molecular complexity index is 505. The molecule has 0 bridgehead atoms. The van der Waals surface area contributed by atoms with Crippen molar-refractivity contribution in [3.8, 4) is 0 Å². The molecule has 1 aromatic rings. The van der Waals surface area contributed by atoms with Crippen molar-refractivity contribution < 1.29 is 9.53 Å². The van der Waals surface area contributed by atoms with Gasteiger partial charge in [0.05, 0.1) is 12.7 Å². The Morgan fingerprint density at radius 2 is 2.29 bits per heavy atom. The number of nitrogens with zero attached hydrogens (tertiary/aromatic N) is 1. The number of nitrogens with two attached hydrogens (primary N) is 1. The van der Waals surface area contributed by atoms with Crippen LogP contribution in [0, 0.1) is 0 Å². The molecule has 116 valence electrons.